The van der Waals surface area contributed by atoms with Gasteiger partial charge in [0.1, 0.15) is 11.6 Å². The van der Waals surface area contributed by atoms with E-state index < -0.39 is 0 Å². The van der Waals surface area contributed by atoms with Crippen molar-refractivity contribution in [1.82, 2.24) is 15.3 Å². The van der Waals surface area contributed by atoms with Crippen molar-refractivity contribution in [1.29, 1.82) is 0 Å². The summed E-state index contributed by atoms with van der Waals surface area (Å²) in [7, 11) is 0. The van der Waals surface area contributed by atoms with Crippen molar-refractivity contribution >= 4 is 23.4 Å². The zero-order valence-electron chi connectivity index (χ0n) is 15.9. The van der Waals surface area contributed by atoms with Gasteiger partial charge in [-0.15, -0.1) is 0 Å². The summed E-state index contributed by atoms with van der Waals surface area (Å²) in [4.78, 5) is 23.4. The van der Waals surface area contributed by atoms with Gasteiger partial charge in [-0.25, -0.2) is 14.8 Å². The minimum Gasteiger partial charge on any atom is -0.378 e. The van der Waals surface area contributed by atoms with Gasteiger partial charge in [0, 0.05) is 38.3 Å². The molecule has 28 heavy (non-hydrogen) atoms. The fraction of sp³-hybridized carbons (Fsp3) is 0.450. The van der Waals surface area contributed by atoms with Crippen molar-refractivity contribution in [3.8, 4) is 0 Å². The summed E-state index contributed by atoms with van der Waals surface area (Å²) < 4.78 is 5.35. The predicted molar refractivity (Wildman–Crippen MR) is 109 cm³/mol. The van der Waals surface area contributed by atoms with E-state index in [2.05, 4.69) is 36.9 Å². The number of nitrogens with one attached hydrogen (secondary N) is 3. The third kappa shape index (κ3) is 4.69. The molecule has 0 unspecified atom stereocenters. The fourth-order valence-electron chi connectivity index (χ4n) is 3.43. The topological polar surface area (TPSA) is 91.4 Å². The van der Waals surface area contributed by atoms with Crippen LogP contribution in [0.5, 0.6) is 0 Å². The standard InChI is InChI=1S/C20H26N6O2/c27-20(22-9-7-16-4-3-15-2-1-8-21-19(15)24-16)25-17-5-6-18(23-14-17)26-10-12-28-13-11-26/h3-6,14H,1-2,7-13H2,(H,21,24)(H2,22,25,27). The van der Waals surface area contributed by atoms with Crippen molar-refractivity contribution in [3.05, 3.63) is 41.7 Å². The number of carbonyl (C=O) groups is 1. The maximum absolute atomic E-state index is 12.1. The molecule has 3 N–H and O–H groups in total. The molecule has 0 radical (unpaired) electrons. The Labute approximate surface area is 164 Å². The minimum atomic E-state index is -0.239. The molecule has 1 fully saturated rings. The molecule has 2 aliphatic heterocycles. The summed E-state index contributed by atoms with van der Waals surface area (Å²) >= 11 is 0. The maximum atomic E-state index is 12.1. The molecule has 8 nitrogen and oxygen atoms in total. The van der Waals surface area contributed by atoms with Crippen LogP contribution in [0.15, 0.2) is 30.5 Å². The van der Waals surface area contributed by atoms with Crippen LogP contribution in [0.2, 0.25) is 0 Å². The molecule has 1 saturated heterocycles. The Morgan fingerprint density at radius 3 is 2.93 bits per heavy atom. The molecule has 8 heteroatoms. The van der Waals surface area contributed by atoms with Crippen molar-refractivity contribution < 1.29 is 9.53 Å². The first-order valence-electron chi connectivity index (χ1n) is 9.84. The van der Waals surface area contributed by atoms with E-state index in [1.165, 1.54) is 5.56 Å². The number of aromatic nitrogens is 2. The van der Waals surface area contributed by atoms with E-state index in [1.54, 1.807) is 6.20 Å². The Bertz CT molecular complexity index is 805. The number of aryl methyl sites for hydroxylation is 1. The number of ether oxygens (including phenoxy) is 1. The molecule has 2 aliphatic rings. The Hall–Kier alpha value is -2.87. The smallest absolute Gasteiger partial charge is 0.319 e. The minimum absolute atomic E-state index is 0.239. The van der Waals surface area contributed by atoms with Crippen LogP contribution in [-0.2, 0) is 17.6 Å². The normalized spacial score (nSPS) is 16.1. The zero-order valence-corrected chi connectivity index (χ0v) is 15.9. The van der Waals surface area contributed by atoms with Crippen LogP contribution in [0.3, 0.4) is 0 Å². The number of urea groups is 1. The number of fused-ring (bicyclic) bond motifs is 1. The summed E-state index contributed by atoms with van der Waals surface area (Å²) in [5, 5.41) is 9.03. The van der Waals surface area contributed by atoms with Crippen LogP contribution in [-0.4, -0.2) is 55.4 Å². The van der Waals surface area contributed by atoms with E-state index in [-0.39, 0.29) is 6.03 Å². The van der Waals surface area contributed by atoms with Gasteiger partial charge in [0.15, 0.2) is 0 Å². The molecule has 0 bridgehead atoms. The zero-order chi connectivity index (χ0) is 19.2. The van der Waals surface area contributed by atoms with E-state index in [4.69, 9.17) is 4.74 Å². The summed E-state index contributed by atoms with van der Waals surface area (Å²) in [6, 6.07) is 7.72. The number of hydrogen-bond donors (Lipinski definition) is 3. The van der Waals surface area contributed by atoms with Crippen LogP contribution in [0, 0.1) is 0 Å². The number of anilines is 3. The summed E-state index contributed by atoms with van der Waals surface area (Å²) in [5.41, 5.74) is 2.92. The highest BCUT2D eigenvalue weighted by atomic mass is 16.5. The van der Waals surface area contributed by atoms with Gasteiger partial charge in [-0.2, -0.15) is 0 Å². The molecule has 0 aromatic carbocycles. The Morgan fingerprint density at radius 2 is 2.11 bits per heavy atom. The molecule has 2 aromatic rings. The maximum Gasteiger partial charge on any atom is 0.319 e. The second kappa shape index (κ2) is 8.88. The highest BCUT2D eigenvalue weighted by Crippen LogP contribution is 2.19. The lowest BCUT2D eigenvalue weighted by molar-refractivity contribution is 0.122. The second-order valence-corrected chi connectivity index (χ2v) is 6.98. The van der Waals surface area contributed by atoms with Crippen LogP contribution in [0.4, 0.5) is 22.1 Å². The van der Waals surface area contributed by atoms with Crippen molar-refractivity contribution in [2.45, 2.75) is 19.3 Å². The van der Waals surface area contributed by atoms with Crippen LogP contribution >= 0.6 is 0 Å². The molecule has 0 aliphatic carbocycles. The lowest BCUT2D eigenvalue weighted by atomic mass is 10.1. The van der Waals surface area contributed by atoms with E-state index >= 15 is 0 Å². The first-order chi connectivity index (χ1) is 13.8. The average molecular weight is 382 g/mol. The lowest BCUT2D eigenvalue weighted by Gasteiger charge is -2.27. The second-order valence-electron chi connectivity index (χ2n) is 6.98. The van der Waals surface area contributed by atoms with Gasteiger partial charge >= 0.3 is 6.03 Å². The van der Waals surface area contributed by atoms with Gasteiger partial charge in [0.25, 0.3) is 0 Å². The summed E-state index contributed by atoms with van der Waals surface area (Å²) in [5.74, 6) is 1.89. The van der Waals surface area contributed by atoms with E-state index in [0.717, 1.165) is 63.0 Å². The monoisotopic (exact) mass is 382 g/mol. The molecule has 0 saturated carbocycles. The number of rotatable bonds is 5. The quantitative estimate of drug-likeness (QED) is 0.733. The molecular weight excluding hydrogens is 356 g/mol. The Kier molecular flexibility index (Phi) is 5.86. The largest absolute Gasteiger partial charge is 0.378 e. The first kappa shape index (κ1) is 18.5. The van der Waals surface area contributed by atoms with Gasteiger partial charge in [-0.1, -0.05) is 6.07 Å². The third-order valence-electron chi connectivity index (χ3n) is 4.96. The molecule has 4 rings (SSSR count). The van der Waals surface area contributed by atoms with Crippen molar-refractivity contribution in [2.24, 2.45) is 0 Å². The molecule has 0 spiro atoms. The molecule has 4 heterocycles. The van der Waals surface area contributed by atoms with E-state index in [0.29, 0.717) is 18.7 Å². The SMILES string of the molecule is O=C(NCCc1ccc2c(n1)NCCC2)Nc1ccc(N2CCOCC2)nc1. The number of nitrogens with zero attached hydrogens (tertiary/aromatic N) is 3. The average Bonchev–Trinajstić information content (AvgIpc) is 2.75. The summed E-state index contributed by atoms with van der Waals surface area (Å²) in [6.07, 6.45) is 4.60. The van der Waals surface area contributed by atoms with Gasteiger partial charge in [-0.05, 0) is 36.6 Å². The van der Waals surface area contributed by atoms with Crippen LogP contribution < -0.4 is 20.9 Å². The fourth-order valence-corrected chi connectivity index (χ4v) is 3.43. The first-order valence-corrected chi connectivity index (χ1v) is 9.84. The molecule has 148 valence electrons. The van der Waals surface area contributed by atoms with E-state index in [9.17, 15) is 4.79 Å². The number of pyridine rings is 2. The summed E-state index contributed by atoms with van der Waals surface area (Å²) in [6.45, 7) is 4.62. The van der Waals surface area contributed by atoms with Gasteiger partial charge in [-0.3, -0.25) is 0 Å². The molecule has 2 aromatic heterocycles. The predicted octanol–water partition coefficient (Wildman–Crippen LogP) is 2.04. The molecule has 2 amide bonds. The Balaban J connectivity index is 1.23. The Morgan fingerprint density at radius 1 is 1.21 bits per heavy atom. The van der Waals surface area contributed by atoms with Gasteiger partial charge in [0.2, 0.25) is 0 Å². The molecular formula is C20H26N6O2. The van der Waals surface area contributed by atoms with Crippen LogP contribution in [0.25, 0.3) is 0 Å². The molecule has 0 atom stereocenters. The van der Waals surface area contributed by atoms with E-state index in [1.807, 2.05) is 18.2 Å². The lowest BCUT2D eigenvalue weighted by Crippen LogP contribution is -2.36. The van der Waals surface area contributed by atoms with Crippen molar-refractivity contribution in [2.75, 3.05) is 54.9 Å². The number of carbonyl (C=O) groups excluding carboxylic acids is 1. The third-order valence-corrected chi connectivity index (χ3v) is 4.96. The number of morpholine rings is 1. The van der Waals surface area contributed by atoms with Crippen LogP contribution in [0.1, 0.15) is 17.7 Å². The van der Waals surface area contributed by atoms with Gasteiger partial charge in [0.05, 0.1) is 25.1 Å². The highest BCUT2D eigenvalue weighted by molar-refractivity contribution is 5.89. The van der Waals surface area contributed by atoms with Crippen molar-refractivity contribution in [3.63, 3.8) is 0 Å². The number of hydrogen-bond acceptors (Lipinski definition) is 6. The number of amides is 2. The highest BCUT2D eigenvalue weighted by Gasteiger charge is 2.13. The van der Waals surface area contributed by atoms with Gasteiger partial charge < -0.3 is 25.6 Å².